The minimum absolute atomic E-state index is 0.0216. The van der Waals surface area contributed by atoms with Crippen molar-refractivity contribution < 1.29 is 13.2 Å². The first-order chi connectivity index (χ1) is 7.91. The fourth-order valence-corrected chi connectivity index (χ4v) is 5.42. The van der Waals surface area contributed by atoms with E-state index >= 15 is 0 Å². The Kier molecular flexibility index (Phi) is 3.43. The number of hydrogen-bond acceptors (Lipinski definition) is 3. The lowest BCUT2D eigenvalue weighted by molar-refractivity contribution is -0.122. The van der Waals surface area contributed by atoms with Crippen molar-refractivity contribution in [3.05, 3.63) is 11.6 Å². The van der Waals surface area contributed by atoms with Gasteiger partial charge in [0, 0.05) is 12.3 Å². The van der Waals surface area contributed by atoms with E-state index in [0.29, 0.717) is 19.3 Å². The second-order valence-electron chi connectivity index (χ2n) is 5.53. The van der Waals surface area contributed by atoms with E-state index in [0.717, 1.165) is 18.4 Å². The number of sulfone groups is 1. The maximum Gasteiger partial charge on any atom is 0.156 e. The Labute approximate surface area is 103 Å². The molecular weight excluding hydrogens is 236 g/mol. The van der Waals surface area contributed by atoms with E-state index in [1.54, 1.807) is 0 Å². The van der Waals surface area contributed by atoms with Crippen LogP contribution in [0.4, 0.5) is 0 Å². The maximum atomic E-state index is 12.0. The number of carbonyl (C=O) groups excluding carboxylic acids is 1. The molecule has 2 fully saturated rings. The zero-order valence-electron chi connectivity index (χ0n) is 10.5. The third-order valence-corrected chi connectivity index (χ3v) is 6.72. The quantitative estimate of drug-likeness (QED) is 0.728. The number of hydrogen-bond donors (Lipinski definition) is 0. The zero-order valence-corrected chi connectivity index (χ0v) is 11.3. The van der Waals surface area contributed by atoms with Gasteiger partial charge in [-0.3, -0.25) is 4.79 Å². The normalized spacial score (nSPS) is 34.4. The van der Waals surface area contributed by atoms with Crippen LogP contribution in [0.5, 0.6) is 0 Å². The Balaban J connectivity index is 2.03. The molecule has 2 rings (SSSR count). The minimum atomic E-state index is -2.89. The molecule has 0 radical (unpaired) electrons. The van der Waals surface area contributed by atoms with Crippen LogP contribution < -0.4 is 0 Å². The zero-order chi connectivity index (χ0) is 12.6. The summed E-state index contributed by atoms with van der Waals surface area (Å²) >= 11 is 0. The predicted molar refractivity (Wildman–Crippen MR) is 67.5 cm³/mol. The summed E-state index contributed by atoms with van der Waals surface area (Å²) in [5, 5.41) is -0.469. The summed E-state index contributed by atoms with van der Waals surface area (Å²) in [5.41, 5.74) is 1.14. The largest absolute Gasteiger partial charge is 0.299 e. The highest BCUT2D eigenvalue weighted by atomic mass is 32.2. The number of rotatable bonds is 3. The van der Waals surface area contributed by atoms with Crippen molar-refractivity contribution in [3.63, 3.8) is 0 Å². The number of ketones is 1. The summed E-state index contributed by atoms with van der Waals surface area (Å²) in [7, 11) is -2.89. The molecule has 0 aromatic rings. The summed E-state index contributed by atoms with van der Waals surface area (Å²) in [5.74, 6) is 0.199. The average Bonchev–Trinajstić information content (AvgIpc) is 2.46. The Hall–Kier alpha value is -0.640. The minimum Gasteiger partial charge on any atom is -0.299 e. The average molecular weight is 256 g/mol. The lowest BCUT2D eigenvalue weighted by Crippen LogP contribution is -2.35. The van der Waals surface area contributed by atoms with Crippen LogP contribution in [0, 0.1) is 5.92 Å². The van der Waals surface area contributed by atoms with Crippen LogP contribution in [0.1, 0.15) is 46.0 Å². The first-order valence-corrected chi connectivity index (χ1v) is 7.91. The molecule has 0 aromatic heterocycles. The lowest BCUT2D eigenvalue weighted by atomic mass is 9.92. The third kappa shape index (κ3) is 2.46. The van der Waals surface area contributed by atoms with Crippen molar-refractivity contribution in [1.82, 2.24) is 0 Å². The molecule has 96 valence electrons. The van der Waals surface area contributed by atoms with Crippen LogP contribution in [0.2, 0.25) is 0 Å². The van der Waals surface area contributed by atoms with Gasteiger partial charge >= 0.3 is 0 Å². The smallest absolute Gasteiger partial charge is 0.156 e. The van der Waals surface area contributed by atoms with E-state index in [9.17, 15) is 13.2 Å². The van der Waals surface area contributed by atoms with Gasteiger partial charge in [0.2, 0.25) is 0 Å². The van der Waals surface area contributed by atoms with Crippen molar-refractivity contribution in [2.24, 2.45) is 5.92 Å². The fourth-order valence-electron chi connectivity index (χ4n) is 2.94. The van der Waals surface area contributed by atoms with Crippen molar-refractivity contribution >= 4 is 15.6 Å². The van der Waals surface area contributed by atoms with E-state index in [1.807, 2.05) is 19.9 Å². The van der Waals surface area contributed by atoms with Gasteiger partial charge in [0.05, 0.1) is 10.5 Å². The van der Waals surface area contributed by atoms with Crippen LogP contribution in [0.15, 0.2) is 11.6 Å². The molecule has 2 bridgehead atoms. The van der Waals surface area contributed by atoms with E-state index in [4.69, 9.17) is 0 Å². The van der Waals surface area contributed by atoms with Crippen molar-refractivity contribution in [1.29, 1.82) is 0 Å². The van der Waals surface area contributed by atoms with Crippen LogP contribution in [-0.4, -0.2) is 24.7 Å². The molecule has 4 heteroatoms. The second kappa shape index (κ2) is 4.56. The summed E-state index contributed by atoms with van der Waals surface area (Å²) < 4.78 is 23.8. The molecule has 2 aliphatic rings. The first-order valence-electron chi connectivity index (χ1n) is 6.30. The molecule has 17 heavy (non-hydrogen) atoms. The van der Waals surface area contributed by atoms with Gasteiger partial charge in [0.15, 0.2) is 9.84 Å². The molecule has 0 N–H and O–H groups in total. The SMILES string of the molecule is CC(C)=CCC(=O)C1CC2CCC(C1)S2(=O)=O. The van der Waals surface area contributed by atoms with Gasteiger partial charge in [0.1, 0.15) is 5.78 Å². The summed E-state index contributed by atoms with van der Waals surface area (Å²) in [6.45, 7) is 3.95. The van der Waals surface area contributed by atoms with Crippen LogP contribution in [-0.2, 0) is 14.6 Å². The predicted octanol–water partition coefficient (Wildman–Crippen LogP) is 2.27. The van der Waals surface area contributed by atoms with Crippen molar-refractivity contribution in [2.75, 3.05) is 0 Å². The molecule has 2 aliphatic heterocycles. The first kappa shape index (κ1) is 12.8. The van der Waals surface area contributed by atoms with Crippen LogP contribution in [0.3, 0.4) is 0 Å². The summed E-state index contributed by atoms with van der Waals surface area (Å²) in [4.78, 5) is 12.0. The molecule has 2 atom stereocenters. The van der Waals surface area contributed by atoms with Gasteiger partial charge in [-0.15, -0.1) is 0 Å². The highest BCUT2D eigenvalue weighted by molar-refractivity contribution is 7.93. The molecule has 0 aromatic carbocycles. The Bertz CT molecular complexity index is 423. The topological polar surface area (TPSA) is 51.2 Å². The summed E-state index contributed by atoms with van der Waals surface area (Å²) in [6, 6.07) is 0. The molecule has 2 unspecified atom stereocenters. The standard InChI is InChI=1S/C13H20O3S/c1-9(2)3-6-13(14)10-7-11-4-5-12(8-10)17(11,15)16/h3,10-12H,4-8H2,1-2H3. The van der Waals surface area contributed by atoms with Gasteiger partial charge in [-0.2, -0.15) is 0 Å². The summed E-state index contributed by atoms with van der Waals surface area (Å²) in [6.07, 6.45) is 5.06. The molecule has 0 saturated carbocycles. The second-order valence-corrected chi connectivity index (χ2v) is 8.04. The number of Topliss-reactive ketones (excluding diaryl/α,β-unsaturated/α-hetero) is 1. The van der Waals surface area contributed by atoms with E-state index < -0.39 is 9.84 Å². The molecular formula is C13H20O3S. The monoisotopic (exact) mass is 256 g/mol. The molecule has 0 spiro atoms. The van der Waals surface area contributed by atoms with E-state index in [2.05, 4.69) is 0 Å². The highest BCUT2D eigenvalue weighted by Crippen LogP contribution is 2.41. The third-order valence-electron chi connectivity index (χ3n) is 4.00. The highest BCUT2D eigenvalue weighted by Gasteiger charge is 2.48. The number of allylic oxidation sites excluding steroid dienone is 2. The molecule has 3 nitrogen and oxygen atoms in total. The number of fused-ring (bicyclic) bond motifs is 2. The van der Waals surface area contributed by atoms with E-state index in [-0.39, 0.29) is 22.2 Å². The van der Waals surface area contributed by atoms with Gasteiger partial charge in [-0.1, -0.05) is 11.6 Å². The Morgan fingerprint density at radius 1 is 1.18 bits per heavy atom. The van der Waals surface area contributed by atoms with Gasteiger partial charge in [-0.05, 0) is 39.5 Å². The molecule has 0 amide bonds. The lowest BCUT2D eigenvalue weighted by Gasteiger charge is -2.26. The van der Waals surface area contributed by atoms with Gasteiger partial charge in [-0.25, -0.2) is 8.42 Å². The maximum absolute atomic E-state index is 12.0. The Morgan fingerprint density at radius 2 is 1.71 bits per heavy atom. The Morgan fingerprint density at radius 3 is 2.18 bits per heavy atom. The molecule has 2 heterocycles. The van der Waals surface area contributed by atoms with Crippen LogP contribution >= 0.6 is 0 Å². The number of carbonyl (C=O) groups is 1. The molecule has 0 aliphatic carbocycles. The molecule has 2 saturated heterocycles. The van der Waals surface area contributed by atoms with Gasteiger partial charge < -0.3 is 0 Å². The van der Waals surface area contributed by atoms with Crippen LogP contribution in [0.25, 0.3) is 0 Å². The van der Waals surface area contributed by atoms with Crippen molar-refractivity contribution in [3.8, 4) is 0 Å². The van der Waals surface area contributed by atoms with Gasteiger partial charge in [0.25, 0.3) is 0 Å². The van der Waals surface area contributed by atoms with Crippen molar-refractivity contribution in [2.45, 2.75) is 56.5 Å². The van der Waals surface area contributed by atoms with E-state index in [1.165, 1.54) is 0 Å². The fraction of sp³-hybridized carbons (Fsp3) is 0.769.